The Morgan fingerprint density at radius 3 is 2.58 bits per heavy atom. The van der Waals surface area contributed by atoms with Crippen LogP contribution >= 0.6 is 0 Å². The van der Waals surface area contributed by atoms with E-state index in [1.165, 1.54) is 0 Å². The van der Waals surface area contributed by atoms with E-state index in [-0.39, 0.29) is 12.2 Å². The fourth-order valence-corrected chi connectivity index (χ4v) is 3.31. The van der Waals surface area contributed by atoms with Crippen molar-refractivity contribution in [3.05, 3.63) is 35.9 Å². The maximum atomic E-state index is 12.7. The molecule has 5 heteroatoms. The molecular formula is C19H27NO4. The predicted molar refractivity (Wildman–Crippen MR) is 90.5 cm³/mol. The Morgan fingerprint density at radius 1 is 1.29 bits per heavy atom. The van der Waals surface area contributed by atoms with E-state index in [0.29, 0.717) is 13.2 Å². The smallest absolute Gasteiger partial charge is 0.413 e. The van der Waals surface area contributed by atoms with E-state index in [1.807, 2.05) is 65.0 Å². The summed E-state index contributed by atoms with van der Waals surface area (Å²) < 4.78 is 17.5. The summed E-state index contributed by atoms with van der Waals surface area (Å²) in [5, 5.41) is 0. The average molecular weight is 333 g/mol. The molecule has 2 fully saturated rings. The Balaban J connectivity index is 1.69. The van der Waals surface area contributed by atoms with Crippen LogP contribution in [0.3, 0.4) is 0 Å². The van der Waals surface area contributed by atoms with Crippen LogP contribution in [0.15, 0.2) is 30.3 Å². The van der Waals surface area contributed by atoms with E-state index in [1.54, 1.807) is 4.90 Å². The average Bonchev–Trinajstić information content (AvgIpc) is 3.08. The van der Waals surface area contributed by atoms with Crippen molar-refractivity contribution in [1.82, 2.24) is 4.90 Å². The van der Waals surface area contributed by atoms with Crippen molar-refractivity contribution in [2.75, 3.05) is 6.61 Å². The molecule has 2 atom stereocenters. The minimum Gasteiger partial charge on any atom is -0.444 e. The van der Waals surface area contributed by atoms with Gasteiger partial charge in [0.15, 0.2) is 0 Å². The summed E-state index contributed by atoms with van der Waals surface area (Å²) in [5.41, 5.74) is -0.499. The minimum absolute atomic E-state index is 0.0213. The van der Waals surface area contributed by atoms with Crippen molar-refractivity contribution >= 4 is 6.09 Å². The number of nitrogens with zero attached hydrogens (tertiary/aromatic N) is 1. The summed E-state index contributed by atoms with van der Waals surface area (Å²) in [7, 11) is 0. The van der Waals surface area contributed by atoms with Gasteiger partial charge in [0.1, 0.15) is 16.9 Å². The van der Waals surface area contributed by atoms with Crippen LogP contribution < -0.4 is 0 Å². The quantitative estimate of drug-likeness (QED) is 0.846. The zero-order chi connectivity index (χ0) is 17.6. The van der Waals surface area contributed by atoms with Gasteiger partial charge in [-0.05, 0) is 40.2 Å². The number of ether oxygens (including phenoxy) is 3. The largest absolute Gasteiger partial charge is 0.444 e. The Morgan fingerprint density at radius 2 is 1.96 bits per heavy atom. The van der Waals surface area contributed by atoms with Crippen LogP contribution in [-0.4, -0.2) is 40.6 Å². The Hall–Kier alpha value is -1.59. The van der Waals surface area contributed by atoms with Crippen molar-refractivity contribution in [3.8, 4) is 0 Å². The summed E-state index contributed by atoms with van der Waals surface area (Å²) in [6, 6.07) is 10.1. The molecule has 24 heavy (non-hydrogen) atoms. The highest BCUT2D eigenvalue weighted by molar-refractivity contribution is 5.71. The molecule has 1 saturated carbocycles. The maximum absolute atomic E-state index is 12.7. The van der Waals surface area contributed by atoms with Crippen LogP contribution in [0.1, 0.15) is 46.6 Å². The maximum Gasteiger partial charge on any atom is 0.413 e. The van der Waals surface area contributed by atoms with Crippen molar-refractivity contribution in [1.29, 1.82) is 0 Å². The van der Waals surface area contributed by atoms with Crippen molar-refractivity contribution in [2.24, 2.45) is 0 Å². The molecule has 2 unspecified atom stereocenters. The second-order valence-electron chi connectivity index (χ2n) is 8.14. The van der Waals surface area contributed by atoms with Crippen LogP contribution in [0.5, 0.6) is 0 Å². The third-order valence-corrected chi connectivity index (χ3v) is 4.51. The monoisotopic (exact) mass is 333 g/mol. The molecule has 1 aliphatic heterocycles. The molecule has 1 spiro atoms. The van der Waals surface area contributed by atoms with Gasteiger partial charge in [0.25, 0.3) is 0 Å². The van der Waals surface area contributed by atoms with Gasteiger partial charge in [-0.3, -0.25) is 4.90 Å². The Bertz CT molecular complexity index is 608. The fraction of sp³-hybridized carbons (Fsp3) is 0.632. The molecule has 0 aromatic heterocycles. The van der Waals surface area contributed by atoms with Gasteiger partial charge in [-0.25, -0.2) is 4.79 Å². The molecule has 1 aromatic rings. The molecule has 1 aromatic carbocycles. The van der Waals surface area contributed by atoms with Gasteiger partial charge in [-0.1, -0.05) is 30.3 Å². The number of amides is 1. The molecule has 0 bridgehead atoms. The van der Waals surface area contributed by atoms with Crippen LogP contribution in [0.2, 0.25) is 0 Å². The fourth-order valence-electron chi connectivity index (χ4n) is 3.31. The number of rotatable bonds is 3. The van der Waals surface area contributed by atoms with Crippen molar-refractivity contribution in [3.63, 3.8) is 0 Å². The molecule has 2 aliphatic rings. The van der Waals surface area contributed by atoms with Crippen molar-refractivity contribution < 1.29 is 19.0 Å². The highest BCUT2D eigenvalue weighted by Crippen LogP contribution is 2.53. The van der Waals surface area contributed by atoms with Gasteiger partial charge in [-0.15, -0.1) is 0 Å². The lowest BCUT2D eigenvalue weighted by Gasteiger charge is -2.35. The number of carbonyl (C=O) groups is 1. The highest BCUT2D eigenvalue weighted by atomic mass is 16.6. The topological polar surface area (TPSA) is 48.0 Å². The van der Waals surface area contributed by atoms with Crippen LogP contribution in [0.25, 0.3) is 0 Å². The van der Waals surface area contributed by atoms with Gasteiger partial charge < -0.3 is 14.2 Å². The summed E-state index contributed by atoms with van der Waals surface area (Å²) in [4.78, 5) is 14.5. The first-order valence-corrected chi connectivity index (χ1v) is 8.47. The van der Waals surface area contributed by atoms with Crippen LogP contribution in [0, 0.1) is 0 Å². The van der Waals surface area contributed by atoms with E-state index in [4.69, 9.17) is 14.2 Å². The van der Waals surface area contributed by atoms with Crippen LogP contribution in [0.4, 0.5) is 4.79 Å². The molecular weight excluding hydrogens is 306 g/mol. The Kier molecular flexibility index (Phi) is 4.12. The molecule has 1 amide bonds. The molecule has 1 heterocycles. The van der Waals surface area contributed by atoms with Crippen LogP contribution in [-0.2, 0) is 20.8 Å². The van der Waals surface area contributed by atoms with Gasteiger partial charge in [0.2, 0.25) is 0 Å². The number of hydrogen-bond donors (Lipinski definition) is 0. The Labute approximate surface area is 143 Å². The first-order chi connectivity index (χ1) is 11.1. The molecule has 132 valence electrons. The van der Waals surface area contributed by atoms with Gasteiger partial charge >= 0.3 is 6.09 Å². The lowest BCUT2D eigenvalue weighted by molar-refractivity contribution is -0.0666. The van der Waals surface area contributed by atoms with Gasteiger partial charge in [0, 0.05) is 6.42 Å². The van der Waals surface area contributed by atoms with E-state index in [9.17, 15) is 4.79 Å². The predicted octanol–water partition coefficient (Wildman–Crippen LogP) is 3.72. The first kappa shape index (κ1) is 17.2. The number of carbonyl (C=O) groups excluding carboxylic acids is 1. The molecule has 0 radical (unpaired) electrons. The molecule has 1 aliphatic carbocycles. The molecule has 3 rings (SSSR count). The molecule has 1 saturated heterocycles. The van der Waals surface area contributed by atoms with Gasteiger partial charge in [0.05, 0.1) is 19.3 Å². The lowest BCUT2D eigenvalue weighted by Crippen LogP contribution is -2.52. The normalized spacial score (nSPS) is 28.2. The second kappa shape index (κ2) is 5.74. The first-order valence-electron chi connectivity index (χ1n) is 8.47. The highest BCUT2D eigenvalue weighted by Gasteiger charge is 2.69. The lowest BCUT2D eigenvalue weighted by atomic mass is 10.2. The molecule has 0 N–H and O–H groups in total. The zero-order valence-corrected chi connectivity index (χ0v) is 15.2. The van der Waals surface area contributed by atoms with E-state index < -0.39 is 16.9 Å². The summed E-state index contributed by atoms with van der Waals surface area (Å²) in [6.07, 6.45) is 0.422. The number of hydrogen-bond acceptors (Lipinski definition) is 4. The van der Waals surface area contributed by atoms with Crippen molar-refractivity contribution in [2.45, 2.75) is 70.6 Å². The second-order valence-corrected chi connectivity index (χ2v) is 8.14. The van der Waals surface area contributed by atoms with Gasteiger partial charge in [-0.2, -0.15) is 0 Å². The van der Waals surface area contributed by atoms with E-state index >= 15 is 0 Å². The van der Waals surface area contributed by atoms with E-state index in [2.05, 4.69) is 0 Å². The summed E-state index contributed by atoms with van der Waals surface area (Å²) >= 11 is 0. The summed E-state index contributed by atoms with van der Waals surface area (Å²) in [6.45, 7) is 10.4. The zero-order valence-electron chi connectivity index (χ0n) is 15.2. The SMILES string of the molecule is CC(C)(C)OC(=O)N1C(C)(C)OCC12CC2OCc1ccccc1. The summed E-state index contributed by atoms with van der Waals surface area (Å²) in [5.74, 6) is 0. The molecule has 5 nitrogen and oxygen atoms in total. The third-order valence-electron chi connectivity index (χ3n) is 4.51. The third kappa shape index (κ3) is 3.28. The van der Waals surface area contributed by atoms with E-state index in [0.717, 1.165) is 12.0 Å². The standard InChI is InChI=1S/C19H27NO4/c1-17(2,3)24-16(21)20-18(4,5)23-13-19(20)11-15(19)22-12-14-9-7-6-8-10-14/h6-10,15H,11-13H2,1-5H3. The number of benzene rings is 1. The minimum atomic E-state index is -0.687.